The van der Waals surface area contributed by atoms with Crippen LogP contribution in [0.1, 0.15) is 16.8 Å². The van der Waals surface area contributed by atoms with Crippen molar-refractivity contribution in [3.05, 3.63) is 28.2 Å². The molecule has 0 aliphatic heterocycles. The Bertz CT molecular complexity index is 395. The number of anilines is 1. The molecule has 94 valence electrons. The van der Waals surface area contributed by atoms with Crippen molar-refractivity contribution in [1.82, 2.24) is 10.2 Å². The van der Waals surface area contributed by atoms with Crippen LogP contribution in [0.15, 0.2) is 22.7 Å². The molecule has 0 spiro atoms. The summed E-state index contributed by atoms with van der Waals surface area (Å²) in [4.78, 5) is 13.7. The van der Waals surface area contributed by atoms with Crippen molar-refractivity contribution in [3.8, 4) is 0 Å². The molecule has 0 aliphatic carbocycles. The van der Waals surface area contributed by atoms with Crippen LogP contribution in [0, 0.1) is 0 Å². The number of benzene rings is 1. The summed E-state index contributed by atoms with van der Waals surface area (Å²) in [6, 6.07) is 5.27. The van der Waals surface area contributed by atoms with Gasteiger partial charge < -0.3 is 16.0 Å². The Morgan fingerprint density at radius 1 is 1.53 bits per heavy atom. The largest absolute Gasteiger partial charge is 0.398 e. The van der Waals surface area contributed by atoms with Crippen LogP contribution in [-0.2, 0) is 0 Å². The SMILES string of the molecule is CNCCCN(C)C(=O)c1ccc(Br)c(N)c1. The number of nitrogens with one attached hydrogen (secondary N) is 1. The van der Waals surface area contributed by atoms with Crippen LogP contribution in [0.4, 0.5) is 5.69 Å². The molecule has 0 aromatic heterocycles. The number of hydrogen-bond donors (Lipinski definition) is 2. The summed E-state index contributed by atoms with van der Waals surface area (Å²) >= 11 is 3.31. The highest BCUT2D eigenvalue weighted by atomic mass is 79.9. The fraction of sp³-hybridized carbons (Fsp3) is 0.417. The van der Waals surface area contributed by atoms with Crippen LogP contribution in [0.3, 0.4) is 0 Å². The van der Waals surface area contributed by atoms with Gasteiger partial charge in [0, 0.05) is 29.3 Å². The summed E-state index contributed by atoms with van der Waals surface area (Å²) in [6.07, 6.45) is 0.935. The predicted octanol–water partition coefficient (Wildman–Crippen LogP) is 1.71. The van der Waals surface area contributed by atoms with Crippen molar-refractivity contribution in [2.75, 3.05) is 32.9 Å². The van der Waals surface area contributed by atoms with Gasteiger partial charge in [-0.2, -0.15) is 0 Å². The van der Waals surface area contributed by atoms with Gasteiger partial charge in [-0.3, -0.25) is 4.79 Å². The first-order valence-corrected chi connectivity index (χ1v) is 6.30. The van der Waals surface area contributed by atoms with Gasteiger partial charge in [0.05, 0.1) is 0 Å². The molecule has 3 N–H and O–H groups in total. The number of nitrogens with zero attached hydrogens (tertiary/aromatic N) is 1. The Morgan fingerprint density at radius 2 is 2.24 bits per heavy atom. The highest BCUT2D eigenvalue weighted by molar-refractivity contribution is 9.10. The molecule has 0 atom stereocenters. The minimum absolute atomic E-state index is 0.000281. The van der Waals surface area contributed by atoms with Gasteiger partial charge in [0.15, 0.2) is 0 Å². The lowest BCUT2D eigenvalue weighted by Crippen LogP contribution is -2.29. The van der Waals surface area contributed by atoms with E-state index in [0.717, 1.165) is 24.0 Å². The van der Waals surface area contributed by atoms with Crippen molar-refractivity contribution >= 4 is 27.5 Å². The number of carbonyl (C=O) groups is 1. The van der Waals surface area contributed by atoms with Crippen molar-refractivity contribution in [3.63, 3.8) is 0 Å². The number of halogens is 1. The lowest BCUT2D eigenvalue weighted by atomic mass is 10.2. The van der Waals surface area contributed by atoms with E-state index in [1.807, 2.05) is 7.05 Å². The highest BCUT2D eigenvalue weighted by Crippen LogP contribution is 2.20. The summed E-state index contributed by atoms with van der Waals surface area (Å²) in [5.74, 6) is 0.000281. The predicted molar refractivity (Wildman–Crippen MR) is 74.1 cm³/mol. The van der Waals surface area contributed by atoms with Gasteiger partial charge in [-0.15, -0.1) is 0 Å². The molecule has 1 aromatic carbocycles. The fourth-order valence-electron chi connectivity index (χ4n) is 1.49. The second-order valence-electron chi connectivity index (χ2n) is 3.92. The molecule has 0 aliphatic rings. The monoisotopic (exact) mass is 299 g/mol. The molecule has 1 amide bonds. The molecule has 1 aromatic rings. The van der Waals surface area contributed by atoms with Crippen LogP contribution in [0.2, 0.25) is 0 Å². The zero-order chi connectivity index (χ0) is 12.8. The highest BCUT2D eigenvalue weighted by Gasteiger charge is 2.11. The van der Waals surface area contributed by atoms with Crippen LogP contribution in [0.25, 0.3) is 0 Å². The fourth-order valence-corrected chi connectivity index (χ4v) is 1.74. The number of nitrogen functional groups attached to an aromatic ring is 1. The van der Waals surface area contributed by atoms with Crippen LogP contribution in [-0.4, -0.2) is 38.0 Å². The average Bonchev–Trinajstić information content (AvgIpc) is 2.32. The van der Waals surface area contributed by atoms with Gasteiger partial charge in [-0.05, 0) is 54.1 Å². The number of carbonyl (C=O) groups excluding carboxylic acids is 1. The van der Waals surface area contributed by atoms with Gasteiger partial charge in [-0.25, -0.2) is 0 Å². The summed E-state index contributed by atoms with van der Waals surface area (Å²) in [7, 11) is 3.70. The van der Waals surface area contributed by atoms with E-state index in [1.54, 1.807) is 30.1 Å². The standard InChI is InChI=1S/C12H18BrN3O/c1-15-6-3-7-16(2)12(17)9-4-5-10(13)11(14)8-9/h4-5,8,15H,3,6-7,14H2,1-2H3. The molecule has 0 saturated carbocycles. The molecular weight excluding hydrogens is 282 g/mol. The molecule has 17 heavy (non-hydrogen) atoms. The van der Waals surface area contributed by atoms with Crippen molar-refractivity contribution in [1.29, 1.82) is 0 Å². The maximum atomic E-state index is 12.0. The first-order valence-electron chi connectivity index (χ1n) is 5.51. The molecule has 0 unspecified atom stereocenters. The number of hydrogen-bond acceptors (Lipinski definition) is 3. The van der Waals surface area contributed by atoms with Crippen LogP contribution < -0.4 is 11.1 Å². The Kier molecular flexibility index (Phi) is 5.44. The zero-order valence-electron chi connectivity index (χ0n) is 10.2. The smallest absolute Gasteiger partial charge is 0.253 e. The third-order valence-corrected chi connectivity index (χ3v) is 3.23. The van der Waals surface area contributed by atoms with Crippen molar-refractivity contribution < 1.29 is 4.79 Å². The third kappa shape index (κ3) is 4.02. The van der Waals surface area contributed by atoms with E-state index in [0.29, 0.717) is 11.3 Å². The molecular formula is C12H18BrN3O. The minimum atomic E-state index is 0.000281. The van der Waals surface area contributed by atoms with Gasteiger partial charge in [-0.1, -0.05) is 0 Å². The Balaban J connectivity index is 2.65. The third-order valence-electron chi connectivity index (χ3n) is 2.51. The topological polar surface area (TPSA) is 58.4 Å². The maximum absolute atomic E-state index is 12.0. The van der Waals surface area contributed by atoms with E-state index in [-0.39, 0.29) is 5.91 Å². The maximum Gasteiger partial charge on any atom is 0.253 e. The summed E-state index contributed by atoms with van der Waals surface area (Å²) in [5, 5.41) is 3.05. The quantitative estimate of drug-likeness (QED) is 0.643. The molecule has 0 heterocycles. The second kappa shape index (κ2) is 6.61. The second-order valence-corrected chi connectivity index (χ2v) is 4.77. The Hall–Kier alpha value is -1.07. The van der Waals surface area contributed by atoms with E-state index in [9.17, 15) is 4.79 Å². The molecule has 5 heteroatoms. The lowest BCUT2D eigenvalue weighted by Gasteiger charge is -2.17. The molecule has 0 saturated heterocycles. The van der Waals surface area contributed by atoms with E-state index in [1.165, 1.54) is 0 Å². The van der Waals surface area contributed by atoms with E-state index in [2.05, 4.69) is 21.2 Å². The summed E-state index contributed by atoms with van der Waals surface area (Å²) < 4.78 is 0.812. The molecule has 0 fully saturated rings. The van der Waals surface area contributed by atoms with Gasteiger partial charge in [0.25, 0.3) is 5.91 Å². The first kappa shape index (κ1) is 14.0. The number of rotatable bonds is 5. The normalized spacial score (nSPS) is 10.3. The van der Waals surface area contributed by atoms with Gasteiger partial charge >= 0.3 is 0 Å². The molecule has 1 rings (SSSR count). The van der Waals surface area contributed by atoms with E-state index < -0.39 is 0 Å². The Morgan fingerprint density at radius 3 is 2.82 bits per heavy atom. The van der Waals surface area contributed by atoms with Crippen LogP contribution in [0.5, 0.6) is 0 Å². The number of amides is 1. The molecule has 0 radical (unpaired) electrons. The summed E-state index contributed by atoms with van der Waals surface area (Å²) in [5.41, 5.74) is 6.96. The first-order chi connectivity index (χ1) is 8.06. The zero-order valence-corrected chi connectivity index (χ0v) is 11.8. The van der Waals surface area contributed by atoms with E-state index >= 15 is 0 Å². The van der Waals surface area contributed by atoms with Gasteiger partial charge in [0.2, 0.25) is 0 Å². The van der Waals surface area contributed by atoms with Crippen molar-refractivity contribution in [2.45, 2.75) is 6.42 Å². The molecule has 4 nitrogen and oxygen atoms in total. The average molecular weight is 300 g/mol. The van der Waals surface area contributed by atoms with E-state index in [4.69, 9.17) is 5.73 Å². The van der Waals surface area contributed by atoms with Crippen LogP contribution >= 0.6 is 15.9 Å². The van der Waals surface area contributed by atoms with Gasteiger partial charge in [0.1, 0.15) is 0 Å². The van der Waals surface area contributed by atoms with Crippen molar-refractivity contribution in [2.24, 2.45) is 0 Å². The lowest BCUT2D eigenvalue weighted by molar-refractivity contribution is 0.0794. The summed E-state index contributed by atoms with van der Waals surface area (Å²) in [6.45, 7) is 1.63. The minimum Gasteiger partial charge on any atom is -0.398 e. The Labute approximate surface area is 110 Å². The molecule has 0 bridgehead atoms. The number of nitrogens with two attached hydrogens (primary N) is 1.